The summed E-state index contributed by atoms with van der Waals surface area (Å²) in [6.45, 7) is 14.9. The van der Waals surface area contributed by atoms with Crippen LogP contribution in [0.25, 0.3) is 0 Å². The lowest BCUT2D eigenvalue weighted by atomic mass is 9.34. The maximum Gasteiger partial charge on any atom is 0.335 e. The fourth-order valence-corrected chi connectivity index (χ4v) is 16.0. The molecule has 23 nitrogen and oxygen atoms in total. The molecule has 9 aliphatic rings. The molecule has 13 N–H and O–H groups in total. The van der Waals surface area contributed by atoms with Crippen LogP contribution in [-0.2, 0) is 47.5 Å². The van der Waals surface area contributed by atoms with Gasteiger partial charge in [-0.2, -0.15) is 0 Å². The average Bonchev–Trinajstić information content (AvgIpc) is 3.53. The summed E-state index contributed by atoms with van der Waals surface area (Å²) in [6, 6.07) is 0. The van der Waals surface area contributed by atoms with Gasteiger partial charge >= 0.3 is 5.97 Å². The summed E-state index contributed by atoms with van der Waals surface area (Å²) in [5, 5.41) is 142. The Labute approximate surface area is 442 Å². The van der Waals surface area contributed by atoms with Gasteiger partial charge in [-0.3, -0.25) is 4.79 Å². The molecule has 5 aliphatic carbocycles. The van der Waals surface area contributed by atoms with Crippen LogP contribution in [0.15, 0.2) is 11.6 Å². The van der Waals surface area contributed by atoms with E-state index < -0.39 is 165 Å². The van der Waals surface area contributed by atoms with Gasteiger partial charge in [-0.05, 0) is 91.8 Å². The molecule has 9 rings (SSSR count). The molecule has 4 saturated carbocycles. The van der Waals surface area contributed by atoms with Crippen LogP contribution in [0.4, 0.5) is 0 Å². The van der Waals surface area contributed by atoms with Crippen LogP contribution in [0.2, 0.25) is 0 Å². The first kappa shape index (κ1) is 58.7. The molecule has 4 aliphatic heterocycles. The Morgan fingerprint density at radius 3 is 1.82 bits per heavy atom. The number of hydrogen-bond donors (Lipinski definition) is 13. The highest BCUT2D eigenvalue weighted by atomic mass is 16.8. The Morgan fingerprint density at radius 2 is 1.18 bits per heavy atom. The molecular weight excluding hydrogens is 1000 g/mol. The minimum Gasteiger partial charge on any atom is -0.479 e. The predicted octanol–water partition coefficient (Wildman–Crippen LogP) is -1.51. The molecule has 0 aromatic rings. The first-order valence-electron chi connectivity index (χ1n) is 27.2. The number of fused-ring (bicyclic) bond motifs is 7. The van der Waals surface area contributed by atoms with Gasteiger partial charge in [-0.15, -0.1) is 0 Å². The zero-order chi connectivity index (χ0) is 55.7. The number of carbonyl (C=O) groups is 2. The molecule has 76 heavy (non-hydrogen) atoms. The zero-order valence-corrected chi connectivity index (χ0v) is 44.6. The fraction of sp³-hybridized carbons (Fsp3) is 0.925. The number of carboxylic acid groups (broad SMARTS) is 1. The van der Waals surface area contributed by atoms with E-state index in [0.29, 0.717) is 32.1 Å². The van der Waals surface area contributed by atoms with Gasteiger partial charge in [0.15, 0.2) is 37.0 Å². The molecule has 8 fully saturated rings. The zero-order valence-electron chi connectivity index (χ0n) is 44.6. The number of aliphatic hydroxyl groups excluding tert-OH is 11. The monoisotopic (exact) mass is 1090 g/mol. The third-order valence-corrected chi connectivity index (χ3v) is 20.8. The lowest BCUT2D eigenvalue weighted by molar-refractivity contribution is -0.406. The number of carboxylic acids is 1. The Hall–Kier alpha value is -1.92. The van der Waals surface area contributed by atoms with Gasteiger partial charge in [-0.25, -0.2) is 4.79 Å². The highest BCUT2D eigenvalue weighted by molar-refractivity contribution is 5.91. The first-order valence-corrected chi connectivity index (χ1v) is 27.2. The normalized spacial score (nSPS) is 54.1. The van der Waals surface area contributed by atoms with E-state index >= 15 is 0 Å². The minimum atomic E-state index is -2.24. The van der Waals surface area contributed by atoms with Gasteiger partial charge in [0.2, 0.25) is 0 Å². The van der Waals surface area contributed by atoms with Crippen molar-refractivity contribution < 1.29 is 114 Å². The molecule has 23 heteroatoms. The van der Waals surface area contributed by atoms with Crippen LogP contribution in [0.1, 0.15) is 113 Å². The summed E-state index contributed by atoms with van der Waals surface area (Å²) < 4.78 is 48.9. The fourth-order valence-electron chi connectivity index (χ4n) is 16.0. The molecular formula is C53H84O23. The lowest BCUT2D eigenvalue weighted by Crippen LogP contribution is -2.69. The summed E-state index contributed by atoms with van der Waals surface area (Å²) in [7, 11) is 0. The first-order chi connectivity index (χ1) is 35.4. The molecule has 28 atom stereocenters. The predicted molar refractivity (Wildman–Crippen MR) is 258 cm³/mol. The summed E-state index contributed by atoms with van der Waals surface area (Å²) in [5.41, 5.74) is -2.16. The summed E-state index contributed by atoms with van der Waals surface area (Å²) in [4.78, 5) is 27.4. The lowest BCUT2D eigenvalue weighted by Gasteiger charge is -2.71. The second-order valence-electron chi connectivity index (χ2n) is 25.9. The van der Waals surface area contributed by atoms with E-state index in [0.717, 1.165) is 19.3 Å². The number of aliphatic carboxylic acids is 1. The van der Waals surface area contributed by atoms with Gasteiger partial charge in [0, 0.05) is 17.8 Å². The van der Waals surface area contributed by atoms with E-state index in [1.807, 2.05) is 0 Å². The smallest absolute Gasteiger partial charge is 0.335 e. The van der Waals surface area contributed by atoms with Crippen LogP contribution in [0.3, 0.4) is 0 Å². The van der Waals surface area contributed by atoms with Gasteiger partial charge in [0.25, 0.3) is 0 Å². The molecule has 0 bridgehead atoms. The van der Waals surface area contributed by atoms with E-state index in [2.05, 4.69) is 54.5 Å². The number of ether oxygens (including phenoxy) is 8. The highest BCUT2D eigenvalue weighted by Gasteiger charge is 2.71. The van der Waals surface area contributed by atoms with Crippen LogP contribution in [0, 0.1) is 44.8 Å². The Morgan fingerprint density at radius 1 is 0.618 bits per heavy atom. The number of allylic oxidation sites excluding steroid dienone is 1. The van der Waals surface area contributed by atoms with Crippen LogP contribution in [-0.4, -0.2) is 226 Å². The van der Waals surface area contributed by atoms with E-state index in [-0.39, 0.29) is 46.2 Å². The van der Waals surface area contributed by atoms with Gasteiger partial charge in [-0.1, -0.05) is 60.1 Å². The maximum atomic E-state index is 14.3. The molecule has 0 unspecified atom stereocenters. The largest absolute Gasteiger partial charge is 0.479 e. The Bertz CT molecular complexity index is 2160. The summed E-state index contributed by atoms with van der Waals surface area (Å²) in [5.74, 6) is -2.01. The number of hydrogen-bond acceptors (Lipinski definition) is 22. The molecule has 0 amide bonds. The molecule has 4 saturated heterocycles. The van der Waals surface area contributed by atoms with E-state index in [1.54, 1.807) is 0 Å². The van der Waals surface area contributed by atoms with E-state index in [9.17, 15) is 76.0 Å². The number of carbonyl (C=O) groups excluding carboxylic acids is 1. The van der Waals surface area contributed by atoms with Crippen molar-refractivity contribution in [3.05, 3.63) is 11.6 Å². The number of aliphatic hydroxyl groups is 12. The van der Waals surface area contributed by atoms with E-state index in [1.165, 1.54) is 12.5 Å². The standard InChI is InChI=1S/C53H84O23/c1-21-30(57)33(60)36(63)44(69-21)75-41-35(62)32(59)25(20-55)71-46(41)73-39-38(65)40(43(66)67)74-47(42(39)76-45-37(64)34(61)31(58)24(19-54)70-45)72-29-12-13-50(6)26(49(29,4)5)11-14-51(7)27(50)10-9-22-23-17-48(2,3)15-16-53(23,68)28(56)18-52(22,51)8/h9,21,23-27,29-42,44-47,54-55,57-65,68H,10-20H2,1-8H3,(H,66,67)/t21-,23+,24+,25+,26-,27+,29-,30-,31+,32-,33+,34-,35-,36+,37+,38-,39-,40-,41+,42+,44-,45-,46-,47+,50-,51+,52+,53+/m0/s1. The van der Waals surface area contributed by atoms with Crippen molar-refractivity contribution in [1.29, 1.82) is 0 Å². The van der Waals surface area contributed by atoms with Crippen molar-refractivity contribution in [2.75, 3.05) is 13.2 Å². The summed E-state index contributed by atoms with van der Waals surface area (Å²) >= 11 is 0. The van der Waals surface area contributed by atoms with Crippen molar-refractivity contribution in [1.82, 2.24) is 0 Å². The van der Waals surface area contributed by atoms with Crippen molar-refractivity contribution in [3.8, 4) is 0 Å². The number of Topliss-reactive ketones (excluding diaryl/α,β-unsaturated/α-hetero) is 1. The second-order valence-corrected chi connectivity index (χ2v) is 25.9. The topological polar surface area (TPSA) is 371 Å². The molecule has 0 spiro atoms. The number of ketones is 1. The SMILES string of the molecule is C[C@@H]1O[C@@H](O[C@H]2[C@H](O[C@H]3[C@H](O)[C@@H](C(=O)O)O[C@@H](O[C@H]4CC[C@]5(C)[C@H]6CC=C7[C@H]8CC(C)(C)CC[C@]8(O)C(=O)C[C@@]7(C)[C@]6(C)CC[C@H]5C4(C)C)[C@@H]3O[C@@H]3O[C@H](CO)[C@@H](O)[C@H](O)[C@H]3O)O[C@H](CO)[C@H](O)[C@@H]2O)[C@H](O)[C@H](O)[C@H]1O. The van der Waals surface area contributed by atoms with Crippen LogP contribution < -0.4 is 0 Å². The third kappa shape index (κ3) is 9.38. The van der Waals surface area contributed by atoms with Crippen molar-refractivity contribution in [2.45, 2.75) is 248 Å². The van der Waals surface area contributed by atoms with Crippen LogP contribution >= 0.6 is 0 Å². The average molecular weight is 1090 g/mol. The molecule has 4 heterocycles. The van der Waals surface area contributed by atoms with Crippen molar-refractivity contribution in [3.63, 3.8) is 0 Å². The number of rotatable bonds is 11. The maximum absolute atomic E-state index is 14.3. The van der Waals surface area contributed by atoms with Crippen LogP contribution in [0.5, 0.6) is 0 Å². The molecule has 0 aromatic heterocycles. The third-order valence-electron chi connectivity index (χ3n) is 20.8. The van der Waals surface area contributed by atoms with Gasteiger partial charge in [0.1, 0.15) is 91.1 Å². The highest BCUT2D eigenvalue weighted by Crippen LogP contribution is 2.74. The molecule has 434 valence electrons. The second kappa shape index (κ2) is 20.8. The van der Waals surface area contributed by atoms with E-state index in [4.69, 9.17) is 37.9 Å². The van der Waals surface area contributed by atoms with Gasteiger partial charge in [0.05, 0.1) is 25.4 Å². The minimum absolute atomic E-state index is 0.0434. The van der Waals surface area contributed by atoms with Crippen molar-refractivity contribution in [2.24, 2.45) is 44.8 Å². The Kier molecular flexibility index (Phi) is 16.1. The Balaban J connectivity index is 1.05. The summed E-state index contributed by atoms with van der Waals surface area (Å²) in [6.07, 6.45) is -30.4. The van der Waals surface area contributed by atoms with Crippen molar-refractivity contribution >= 4 is 11.8 Å². The quantitative estimate of drug-likeness (QED) is 0.0826. The molecule has 0 aromatic carbocycles. The van der Waals surface area contributed by atoms with Gasteiger partial charge < -0.3 is 104 Å². The molecule has 0 radical (unpaired) electrons.